The van der Waals surface area contributed by atoms with Gasteiger partial charge in [0.25, 0.3) is 0 Å². The highest BCUT2D eigenvalue weighted by Crippen LogP contribution is 2.18. The summed E-state index contributed by atoms with van der Waals surface area (Å²) in [5.41, 5.74) is 1.29. The van der Waals surface area contributed by atoms with E-state index in [1.165, 1.54) is 5.56 Å². The molecular formula is C21H28N4O. The van der Waals surface area contributed by atoms with Gasteiger partial charge in [0, 0.05) is 44.8 Å². The van der Waals surface area contributed by atoms with E-state index in [9.17, 15) is 4.79 Å². The Morgan fingerprint density at radius 3 is 2.46 bits per heavy atom. The fourth-order valence-corrected chi connectivity index (χ4v) is 3.40. The summed E-state index contributed by atoms with van der Waals surface area (Å²) in [6.07, 6.45) is 2.85. The molecule has 26 heavy (non-hydrogen) atoms. The molecule has 0 aliphatic carbocycles. The molecule has 1 aliphatic rings. The van der Waals surface area contributed by atoms with Crippen molar-refractivity contribution in [1.82, 2.24) is 15.2 Å². The predicted molar refractivity (Wildman–Crippen MR) is 105 cm³/mol. The zero-order valence-electron chi connectivity index (χ0n) is 15.5. The third-order valence-corrected chi connectivity index (χ3v) is 5.02. The van der Waals surface area contributed by atoms with Crippen molar-refractivity contribution in [3.63, 3.8) is 0 Å². The van der Waals surface area contributed by atoms with Crippen molar-refractivity contribution in [3.8, 4) is 0 Å². The van der Waals surface area contributed by atoms with Gasteiger partial charge < -0.3 is 10.2 Å². The number of pyridine rings is 1. The summed E-state index contributed by atoms with van der Waals surface area (Å²) >= 11 is 0. The van der Waals surface area contributed by atoms with Gasteiger partial charge in [-0.3, -0.25) is 9.69 Å². The molecule has 0 unspecified atom stereocenters. The second-order valence-electron chi connectivity index (χ2n) is 6.77. The average Bonchev–Trinajstić information content (AvgIpc) is 2.70. The van der Waals surface area contributed by atoms with Crippen molar-refractivity contribution in [2.24, 2.45) is 0 Å². The van der Waals surface area contributed by atoms with Gasteiger partial charge in [-0.05, 0) is 24.1 Å². The van der Waals surface area contributed by atoms with Crippen LogP contribution in [0.1, 0.15) is 24.8 Å². The highest BCUT2D eigenvalue weighted by atomic mass is 16.2. The van der Waals surface area contributed by atoms with Crippen molar-refractivity contribution in [2.45, 2.75) is 19.3 Å². The van der Waals surface area contributed by atoms with Crippen LogP contribution in [-0.2, 0) is 4.79 Å². The second-order valence-corrected chi connectivity index (χ2v) is 6.77. The number of carbonyl (C=O) groups is 1. The summed E-state index contributed by atoms with van der Waals surface area (Å²) < 4.78 is 0. The Labute approximate surface area is 156 Å². The predicted octanol–water partition coefficient (Wildman–Crippen LogP) is 2.51. The average molecular weight is 352 g/mol. The molecular weight excluding hydrogens is 324 g/mol. The number of nitrogens with one attached hydrogen (secondary N) is 1. The Bertz CT molecular complexity index is 669. The number of piperazine rings is 1. The molecule has 138 valence electrons. The quantitative estimate of drug-likeness (QED) is 0.832. The zero-order chi connectivity index (χ0) is 18.2. The zero-order valence-corrected chi connectivity index (χ0v) is 15.5. The van der Waals surface area contributed by atoms with Crippen LogP contribution in [0.5, 0.6) is 0 Å². The second kappa shape index (κ2) is 9.34. The van der Waals surface area contributed by atoms with E-state index in [0.29, 0.717) is 19.0 Å². The van der Waals surface area contributed by atoms with Gasteiger partial charge in [0.1, 0.15) is 5.82 Å². The summed E-state index contributed by atoms with van der Waals surface area (Å²) in [4.78, 5) is 21.2. The molecule has 0 bridgehead atoms. The SMILES string of the molecule is CC[C@H](CNC(=O)CN1CCN(c2ccccn2)CC1)c1ccccc1. The van der Waals surface area contributed by atoms with Crippen LogP contribution >= 0.6 is 0 Å². The standard InChI is InChI=1S/C21H28N4O/c1-2-18(19-8-4-3-5-9-19)16-23-21(26)17-24-12-14-25(15-13-24)20-10-6-7-11-22-20/h3-11,18H,2,12-17H2,1H3,(H,23,26)/t18-/m1/s1. The first-order valence-corrected chi connectivity index (χ1v) is 9.46. The van der Waals surface area contributed by atoms with Crippen LogP contribution in [0.4, 0.5) is 5.82 Å². The molecule has 0 radical (unpaired) electrons. The van der Waals surface area contributed by atoms with E-state index >= 15 is 0 Å². The van der Waals surface area contributed by atoms with E-state index in [-0.39, 0.29) is 5.91 Å². The fraction of sp³-hybridized carbons (Fsp3) is 0.429. The van der Waals surface area contributed by atoms with Crippen LogP contribution in [0.15, 0.2) is 54.7 Å². The Morgan fingerprint density at radius 2 is 1.81 bits per heavy atom. The Morgan fingerprint density at radius 1 is 1.08 bits per heavy atom. The Kier molecular flexibility index (Phi) is 6.61. The van der Waals surface area contributed by atoms with Crippen LogP contribution in [-0.4, -0.2) is 55.1 Å². The molecule has 0 spiro atoms. The van der Waals surface area contributed by atoms with E-state index in [0.717, 1.165) is 38.4 Å². The van der Waals surface area contributed by atoms with Crippen LogP contribution in [0, 0.1) is 0 Å². The number of carbonyl (C=O) groups excluding carboxylic acids is 1. The lowest BCUT2D eigenvalue weighted by atomic mass is 9.96. The van der Waals surface area contributed by atoms with Gasteiger partial charge in [0.2, 0.25) is 5.91 Å². The molecule has 1 aromatic carbocycles. The summed E-state index contributed by atoms with van der Waals surface area (Å²) in [6.45, 7) is 6.94. The molecule has 2 aromatic rings. The van der Waals surface area contributed by atoms with Gasteiger partial charge in [0.05, 0.1) is 6.54 Å². The lowest BCUT2D eigenvalue weighted by molar-refractivity contribution is -0.122. The lowest BCUT2D eigenvalue weighted by Crippen LogP contribution is -2.50. The molecule has 3 rings (SSSR count). The number of benzene rings is 1. The maximum absolute atomic E-state index is 12.3. The summed E-state index contributed by atoms with van der Waals surface area (Å²) in [6, 6.07) is 16.4. The number of hydrogen-bond acceptors (Lipinski definition) is 4. The summed E-state index contributed by atoms with van der Waals surface area (Å²) in [5, 5.41) is 3.12. The molecule has 5 heteroatoms. The van der Waals surface area contributed by atoms with Crippen molar-refractivity contribution in [3.05, 3.63) is 60.3 Å². The monoisotopic (exact) mass is 352 g/mol. The van der Waals surface area contributed by atoms with Crippen LogP contribution in [0.3, 0.4) is 0 Å². The van der Waals surface area contributed by atoms with Gasteiger partial charge >= 0.3 is 0 Å². The fourth-order valence-electron chi connectivity index (χ4n) is 3.40. The summed E-state index contributed by atoms with van der Waals surface area (Å²) in [7, 11) is 0. The molecule has 1 saturated heterocycles. The van der Waals surface area contributed by atoms with Gasteiger partial charge in [-0.25, -0.2) is 4.98 Å². The van der Waals surface area contributed by atoms with Crippen LogP contribution in [0.25, 0.3) is 0 Å². The third kappa shape index (κ3) is 5.05. The minimum absolute atomic E-state index is 0.116. The molecule has 5 nitrogen and oxygen atoms in total. The Hall–Kier alpha value is -2.40. The summed E-state index contributed by atoms with van der Waals surface area (Å²) in [5.74, 6) is 1.51. The first-order chi connectivity index (χ1) is 12.8. The van der Waals surface area contributed by atoms with Crippen molar-refractivity contribution < 1.29 is 4.79 Å². The molecule has 1 aliphatic heterocycles. The maximum atomic E-state index is 12.3. The minimum Gasteiger partial charge on any atom is -0.354 e. The van der Waals surface area contributed by atoms with Gasteiger partial charge in [-0.15, -0.1) is 0 Å². The highest BCUT2D eigenvalue weighted by Gasteiger charge is 2.20. The van der Waals surface area contributed by atoms with Crippen molar-refractivity contribution >= 4 is 11.7 Å². The van der Waals surface area contributed by atoms with Crippen molar-refractivity contribution in [1.29, 1.82) is 0 Å². The number of anilines is 1. The van der Waals surface area contributed by atoms with Crippen LogP contribution < -0.4 is 10.2 Å². The largest absolute Gasteiger partial charge is 0.354 e. The molecule has 2 heterocycles. The highest BCUT2D eigenvalue weighted by molar-refractivity contribution is 5.78. The normalized spacial score (nSPS) is 16.3. The van der Waals surface area contributed by atoms with E-state index in [2.05, 4.69) is 51.3 Å². The number of aromatic nitrogens is 1. The number of hydrogen-bond donors (Lipinski definition) is 1. The third-order valence-electron chi connectivity index (χ3n) is 5.02. The minimum atomic E-state index is 0.116. The molecule has 1 aromatic heterocycles. The van der Waals surface area contributed by atoms with E-state index in [1.54, 1.807) is 0 Å². The molecule has 1 fully saturated rings. The lowest BCUT2D eigenvalue weighted by Gasteiger charge is -2.35. The topological polar surface area (TPSA) is 48.5 Å². The molecule has 1 atom stereocenters. The van der Waals surface area contributed by atoms with E-state index in [1.807, 2.05) is 30.5 Å². The van der Waals surface area contributed by atoms with Gasteiger partial charge in [-0.2, -0.15) is 0 Å². The number of rotatable bonds is 7. The van der Waals surface area contributed by atoms with E-state index in [4.69, 9.17) is 0 Å². The smallest absolute Gasteiger partial charge is 0.234 e. The molecule has 1 amide bonds. The first kappa shape index (κ1) is 18.4. The molecule has 0 saturated carbocycles. The van der Waals surface area contributed by atoms with E-state index < -0.39 is 0 Å². The van der Waals surface area contributed by atoms with Gasteiger partial charge in [-0.1, -0.05) is 43.3 Å². The first-order valence-electron chi connectivity index (χ1n) is 9.46. The number of nitrogens with zero attached hydrogens (tertiary/aromatic N) is 3. The Balaban J connectivity index is 1.41. The van der Waals surface area contributed by atoms with Crippen molar-refractivity contribution in [2.75, 3.05) is 44.2 Å². The number of amides is 1. The van der Waals surface area contributed by atoms with Crippen LogP contribution in [0.2, 0.25) is 0 Å². The molecule has 1 N–H and O–H groups in total. The maximum Gasteiger partial charge on any atom is 0.234 e. The van der Waals surface area contributed by atoms with Gasteiger partial charge in [0.15, 0.2) is 0 Å².